The van der Waals surface area contributed by atoms with Crippen molar-refractivity contribution in [3.63, 3.8) is 0 Å². The Hall–Kier alpha value is -4.63. The molecule has 0 fully saturated rings. The molecule has 0 saturated carbocycles. The van der Waals surface area contributed by atoms with Crippen molar-refractivity contribution < 1.29 is 27.5 Å². The van der Waals surface area contributed by atoms with Crippen LogP contribution in [0, 0.1) is 0 Å². The summed E-state index contributed by atoms with van der Waals surface area (Å²) < 4.78 is 38.9. The van der Waals surface area contributed by atoms with Crippen LogP contribution in [0.3, 0.4) is 0 Å². The number of sulfonamides is 1. The molecular formula is C28H24N2O6S. The van der Waals surface area contributed by atoms with Gasteiger partial charge in [-0.15, -0.1) is 0 Å². The Morgan fingerprint density at radius 1 is 0.730 bits per heavy atom. The molecule has 0 saturated heterocycles. The van der Waals surface area contributed by atoms with E-state index in [9.17, 15) is 18.0 Å². The van der Waals surface area contributed by atoms with Crippen LogP contribution >= 0.6 is 0 Å². The maximum absolute atomic E-state index is 13.0. The molecular weight excluding hydrogens is 492 g/mol. The normalized spacial score (nSPS) is 10.8. The fourth-order valence-corrected chi connectivity index (χ4v) is 4.58. The van der Waals surface area contributed by atoms with Gasteiger partial charge in [0.05, 0.1) is 12.8 Å². The van der Waals surface area contributed by atoms with E-state index >= 15 is 0 Å². The van der Waals surface area contributed by atoms with Crippen LogP contribution in [-0.2, 0) is 16.6 Å². The molecule has 0 aliphatic rings. The highest BCUT2D eigenvalue weighted by Gasteiger charge is 2.23. The highest BCUT2D eigenvalue weighted by Crippen LogP contribution is 2.23. The van der Waals surface area contributed by atoms with Gasteiger partial charge in [-0.1, -0.05) is 48.5 Å². The summed E-state index contributed by atoms with van der Waals surface area (Å²) in [5.41, 5.74) is 1.42. The number of anilines is 1. The smallest absolute Gasteiger partial charge is 0.266 e. The molecule has 4 aromatic carbocycles. The van der Waals surface area contributed by atoms with Gasteiger partial charge in [-0.2, -0.15) is 0 Å². The lowest BCUT2D eigenvalue weighted by atomic mass is 10.2. The van der Waals surface area contributed by atoms with E-state index < -0.39 is 21.8 Å². The van der Waals surface area contributed by atoms with Gasteiger partial charge < -0.3 is 14.8 Å². The van der Waals surface area contributed by atoms with E-state index in [1.54, 1.807) is 42.5 Å². The third-order valence-electron chi connectivity index (χ3n) is 5.35. The van der Waals surface area contributed by atoms with Gasteiger partial charge in [0.1, 0.15) is 23.0 Å². The molecule has 0 aliphatic carbocycles. The van der Waals surface area contributed by atoms with E-state index in [1.165, 1.54) is 37.4 Å². The summed E-state index contributed by atoms with van der Waals surface area (Å²) in [6.45, 7) is 0.334. The van der Waals surface area contributed by atoms with Crippen LogP contribution in [-0.4, -0.2) is 27.3 Å². The first-order valence-corrected chi connectivity index (χ1v) is 12.7. The lowest BCUT2D eigenvalue weighted by molar-refractivity contribution is 0.0980. The van der Waals surface area contributed by atoms with Gasteiger partial charge >= 0.3 is 0 Å². The summed E-state index contributed by atoms with van der Waals surface area (Å²) in [5.74, 6) is -0.326. The van der Waals surface area contributed by atoms with Crippen molar-refractivity contribution in [2.24, 2.45) is 0 Å². The molecule has 8 nitrogen and oxygen atoms in total. The van der Waals surface area contributed by atoms with Crippen molar-refractivity contribution in [3.8, 4) is 11.5 Å². The van der Waals surface area contributed by atoms with Crippen LogP contribution in [0.5, 0.6) is 11.5 Å². The molecule has 4 aromatic rings. The highest BCUT2D eigenvalue weighted by atomic mass is 32.2. The summed E-state index contributed by atoms with van der Waals surface area (Å²) in [6, 6.07) is 28.0. The molecule has 0 atom stereocenters. The van der Waals surface area contributed by atoms with E-state index in [0.29, 0.717) is 18.1 Å². The first-order valence-electron chi connectivity index (χ1n) is 11.2. The predicted molar refractivity (Wildman–Crippen MR) is 139 cm³/mol. The molecule has 37 heavy (non-hydrogen) atoms. The van der Waals surface area contributed by atoms with Gasteiger partial charge in [-0.25, -0.2) is 13.1 Å². The Morgan fingerprint density at radius 2 is 1.43 bits per heavy atom. The van der Waals surface area contributed by atoms with Crippen molar-refractivity contribution in [1.82, 2.24) is 4.72 Å². The van der Waals surface area contributed by atoms with Crippen molar-refractivity contribution >= 4 is 27.5 Å². The number of hydrogen-bond acceptors (Lipinski definition) is 6. The predicted octanol–water partition coefficient (Wildman–Crippen LogP) is 4.65. The van der Waals surface area contributed by atoms with Gasteiger partial charge in [-0.05, 0) is 60.2 Å². The van der Waals surface area contributed by atoms with E-state index in [2.05, 4.69) is 5.32 Å². The first kappa shape index (κ1) is 25.5. The fourth-order valence-electron chi connectivity index (χ4n) is 3.45. The van der Waals surface area contributed by atoms with Crippen LogP contribution in [0.1, 0.15) is 26.3 Å². The largest absolute Gasteiger partial charge is 0.497 e. The topological polar surface area (TPSA) is 111 Å². The quantitative estimate of drug-likeness (QED) is 0.335. The lowest BCUT2D eigenvalue weighted by Crippen LogP contribution is -2.31. The molecule has 0 aromatic heterocycles. The molecule has 2 N–H and O–H groups in total. The molecule has 0 unspecified atom stereocenters. The van der Waals surface area contributed by atoms with E-state index in [0.717, 1.165) is 5.56 Å². The van der Waals surface area contributed by atoms with E-state index in [-0.39, 0.29) is 21.7 Å². The number of amides is 2. The average Bonchev–Trinajstić information content (AvgIpc) is 2.92. The van der Waals surface area contributed by atoms with Crippen LogP contribution < -0.4 is 19.5 Å². The standard InChI is InChI=1S/C28H24N2O6S/c1-35-23-16-14-21(15-17-23)28(32)30-37(33,34)26-13-6-5-12-25(26)29-27(31)22-10-7-11-24(18-22)36-19-20-8-3-2-4-9-20/h2-18H,19H2,1H3,(H,29,31)(H,30,32). The number of rotatable bonds is 9. The monoisotopic (exact) mass is 516 g/mol. The van der Waals surface area contributed by atoms with Gasteiger partial charge in [0.25, 0.3) is 21.8 Å². The Labute approximate surface area is 214 Å². The SMILES string of the molecule is COc1ccc(C(=O)NS(=O)(=O)c2ccccc2NC(=O)c2cccc(OCc3ccccc3)c2)cc1. The maximum Gasteiger partial charge on any atom is 0.266 e. The van der Waals surface area contributed by atoms with Crippen molar-refractivity contribution in [2.45, 2.75) is 11.5 Å². The number of nitrogens with one attached hydrogen (secondary N) is 2. The Kier molecular flexibility index (Phi) is 7.85. The number of para-hydroxylation sites is 1. The molecule has 0 radical (unpaired) electrons. The average molecular weight is 517 g/mol. The second-order valence-corrected chi connectivity index (χ2v) is 9.57. The third kappa shape index (κ3) is 6.53. The van der Waals surface area contributed by atoms with E-state index in [1.807, 2.05) is 35.1 Å². The number of benzene rings is 4. The minimum absolute atomic E-state index is 0.0261. The molecule has 0 spiro atoms. The van der Waals surface area contributed by atoms with Crippen LogP contribution in [0.25, 0.3) is 0 Å². The number of carbonyl (C=O) groups is 2. The number of ether oxygens (including phenoxy) is 2. The second-order valence-electron chi connectivity index (χ2n) is 7.92. The molecule has 4 rings (SSSR count). The van der Waals surface area contributed by atoms with E-state index in [4.69, 9.17) is 9.47 Å². The molecule has 2 amide bonds. The lowest BCUT2D eigenvalue weighted by Gasteiger charge is -2.13. The number of carbonyl (C=O) groups excluding carboxylic acids is 2. The fraction of sp³-hybridized carbons (Fsp3) is 0.0714. The molecule has 0 bridgehead atoms. The molecule has 9 heteroatoms. The number of methoxy groups -OCH3 is 1. The Bertz CT molecular complexity index is 1500. The van der Waals surface area contributed by atoms with Crippen LogP contribution in [0.15, 0.2) is 108 Å². The minimum atomic E-state index is -4.30. The van der Waals surface area contributed by atoms with Gasteiger partial charge in [0.2, 0.25) is 0 Å². The van der Waals surface area contributed by atoms with Crippen LogP contribution in [0.4, 0.5) is 5.69 Å². The molecule has 0 heterocycles. The Balaban J connectivity index is 1.48. The summed E-state index contributed by atoms with van der Waals surface area (Å²) >= 11 is 0. The zero-order valence-electron chi connectivity index (χ0n) is 19.9. The van der Waals surface area contributed by atoms with Gasteiger partial charge in [-0.3, -0.25) is 9.59 Å². The summed E-state index contributed by atoms with van der Waals surface area (Å²) in [6.07, 6.45) is 0. The summed E-state index contributed by atoms with van der Waals surface area (Å²) in [5, 5.41) is 2.62. The third-order valence-corrected chi connectivity index (χ3v) is 6.74. The first-order chi connectivity index (χ1) is 17.9. The van der Waals surface area contributed by atoms with Crippen LogP contribution in [0.2, 0.25) is 0 Å². The van der Waals surface area contributed by atoms with Crippen molar-refractivity contribution in [1.29, 1.82) is 0 Å². The van der Waals surface area contributed by atoms with Gasteiger partial charge in [0, 0.05) is 11.1 Å². The zero-order chi connectivity index (χ0) is 26.3. The molecule has 188 valence electrons. The zero-order valence-corrected chi connectivity index (χ0v) is 20.7. The second kappa shape index (κ2) is 11.4. The van der Waals surface area contributed by atoms with Crippen molar-refractivity contribution in [2.75, 3.05) is 12.4 Å². The number of hydrogen-bond donors (Lipinski definition) is 2. The summed E-state index contributed by atoms with van der Waals surface area (Å²) in [4.78, 5) is 25.3. The Morgan fingerprint density at radius 3 is 2.16 bits per heavy atom. The maximum atomic E-state index is 13.0. The highest BCUT2D eigenvalue weighted by molar-refractivity contribution is 7.90. The molecule has 0 aliphatic heterocycles. The van der Waals surface area contributed by atoms with Gasteiger partial charge in [0.15, 0.2) is 0 Å². The van der Waals surface area contributed by atoms with Crippen molar-refractivity contribution in [3.05, 3.63) is 120 Å². The summed E-state index contributed by atoms with van der Waals surface area (Å²) in [7, 11) is -2.81. The minimum Gasteiger partial charge on any atom is -0.497 e.